The Morgan fingerprint density at radius 3 is 2.62 bits per heavy atom. The van der Waals surface area contributed by atoms with Crippen LogP contribution in [0.3, 0.4) is 0 Å². The first-order valence-electron chi connectivity index (χ1n) is 8.39. The van der Waals surface area contributed by atoms with Gasteiger partial charge in [-0.25, -0.2) is 8.78 Å². The molecule has 1 amide bonds. The molecule has 1 aliphatic heterocycles. The molecule has 4 N–H and O–H groups in total. The molecule has 0 aromatic heterocycles. The van der Waals surface area contributed by atoms with Crippen molar-refractivity contribution in [3.63, 3.8) is 0 Å². The molecule has 146 valence electrons. The van der Waals surface area contributed by atoms with Crippen LogP contribution in [-0.2, 0) is 11.2 Å². The van der Waals surface area contributed by atoms with Crippen LogP contribution >= 0.6 is 24.0 Å². The Morgan fingerprint density at radius 1 is 1.35 bits per heavy atom. The number of aliphatic imine (C=N–C) groups is 1. The minimum Gasteiger partial charge on any atom is -0.369 e. The highest BCUT2D eigenvalue weighted by Gasteiger charge is 2.20. The quantitative estimate of drug-likeness (QED) is 0.325. The van der Waals surface area contributed by atoms with Gasteiger partial charge in [-0.1, -0.05) is 6.07 Å². The van der Waals surface area contributed by atoms with Gasteiger partial charge in [0.15, 0.2) is 5.96 Å². The number of carbonyl (C=O) groups excluding carboxylic acids is 1. The summed E-state index contributed by atoms with van der Waals surface area (Å²) in [6.07, 6.45) is 2.21. The van der Waals surface area contributed by atoms with Crippen LogP contribution in [0.2, 0.25) is 0 Å². The van der Waals surface area contributed by atoms with Gasteiger partial charge < -0.3 is 16.4 Å². The Morgan fingerprint density at radius 2 is 2.04 bits per heavy atom. The van der Waals surface area contributed by atoms with Gasteiger partial charge in [0.25, 0.3) is 0 Å². The fourth-order valence-electron chi connectivity index (χ4n) is 2.88. The molecular weight excluding hydrogens is 455 g/mol. The Labute approximate surface area is 169 Å². The molecule has 0 bridgehead atoms. The fraction of sp³-hybridized carbons (Fsp3) is 0.529. The van der Waals surface area contributed by atoms with E-state index in [4.69, 9.17) is 5.73 Å². The third kappa shape index (κ3) is 7.40. The molecule has 0 aliphatic carbocycles. The van der Waals surface area contributed by atoms with E-state index in [-0.39, 0.29) is 35.9 Å². The number of nitrogens with one attached hydrogen (secondary N) is 2. The van der Waals surface area contributed by atoms with E-state index in [1.165, 1.54) is 12.1 Å². The first kappa shape index (κ1) is 22.6. The van der Waals surface area contributed by atoms with Crippen molar-refractivity contribution in [1.29, 1.82) is 0 Å². The van der Waals surface area contributed by atoms with E-state index in [9.17, 15) is 13.6 Å². The molecule has 1 aromatic carbocycles. The van der Waals surface area contributed by atoms with Crippen molar-refractivity contribution in [3.8, 4) is 0 Å². The Hall–Kier alpha value is -1.49. The maximum Gasteiger partial charge on any atom is 0.231 e. The number of carbonyl (C=O) groups is 1. The zero-order chi connectivity index (χ0) is 18.2. The number of nitrogens with zero attached hydrogens (tertiary/aromatic N) is 2. The first-order valence-corrected chi connectivity index (χ1v) is 8.39. The smallest absolute Gasteiger partial charge is 0.231 e. The van der Waals surface area contributed by atoms with Crippen molar-refractivity contribution in [2.45, 2.75) is 25.3 Å². The van der Waals surface area contributed by atoms with Crippen LogP contribution in [0.25, 0.3) is 0 Å². The van der Waals surface area contributed by atoms with Crippen molar-refractivity contribution in [2.24, 2.45) is 10.7 Å². The highest BCUT2D eigenvalue weighted by molar-refractivity contribution is 14.0. The number of hydrogen-bond acceptors (Lipinski definition) is 3. The maximum absolute atomic E-state index is 13.6. The molecule has 1 heterocycles. The van der Waals surface area contributed by atoms with Crippen LogP contribution in [0.15, 0.2) is 23.2 Å². The van der Waals surface area contributed by atoms with Crippen LogP contribution < -0.4 is 16.4 Å². The minimum atomic E-state index is -0.575. The molecule has 0 unspecified atom stereocenters. The highest BCUT2D eigenvalue weighted by Crippen LogP contribution is 2.11. The second-order valence-corrected chi connectivity index (χ2v) is 6.15. The summed E-state index contributed by atoms with van der Waals surface area (Å²) in [5.74, 6) is -0.770. The Kier molecular flexibility index (Phi) is 9.78. The minimum absolute atomic E-state index is 0. The Bertz CT molecular complexity index is 621. The third-order valence-corrected chi connectivity index (χ3v) is 4.23. The predicted octanol–water partition coefficient (Wildman–Crippen LogP) is 1.24. The summed E-state index contributed by atoms with van der Waals surface area (Å²) < 4.78 is 26.5. The molecule has 0 radical (unpaired) electrons. The van der Waals surface area contributed by atoms with E-state index in [1.807, 2.05) is 4.90 Å². The van der Waals surface area contributed by atoms with E-state index in [0.717, 1.165) is 32.0 Å². The number of benzene rings is 1. The highest BCUT2D eigenvalue weighted by atomic mass is 127. The number of likely N-dealkylation sites (tertiary alicyclic amines) is 1. The summed E-state index contributed by atoms with van der Waals surface area (Å²) in [5, 5.41) is 6.47. The number of halogens is 3. The second kappa shape index (κ2) is 11.3. The average molecular weight is 481 g/mol. The molecular formula is C17H26F2IN5O. The number of primary amides is 1. The summed E-state index contributed by atoms with van der Waals surface area (Å²) in [6, 6.07) is 3.86. The molecule has 0 atom stereocenters. The van der Waals surface area contributed by atoms with Crippen molar-refractivity contribution in [1.82, 2.24) is 15.5 Å². The van der Waals surface area contributed by atoms with Gasteiger partial charge in [0, 0.05) is 38.8 Å². The molecule has 2 rings (SSSR count). The van der Waals surface area contributed by atoms with E-state index in [0.29, 0.717) is 31.0 Å². The van der Waals surface area contributed by atoms with Gasteiger partial charge >= 0.3 is 0 Å². The number of rotatable bonds is 6. The zero-order valence-corrected chi connectivity index (χ0v) is 17.1. The molecule has 9 heteroatoms. The lowest BCUT2D eigenvalue weighted by molar-refractivity contribution is -0.119. The van der Waals surface area contributed by atoms with Crippen molar-refractivity contribution in [3.05, 3.63) is 35.4 Å². The van der Waals surface area contributed by atoms with Gasteiger partial charge in [-0.3, -0.25) is 14.7 Å². The molecule has 26 heavy (non-hydrogen) atoms. The molecule has 1 aliphatic rings. The largest absolute Gasteiger partial charge is 0.369 e. The average Bonchev–Trinajstić information content (AvgIpc) is 2.57. The lowest BCUT2D eigenvalue weighted by atomic mass is 10.1. The fourth-order valence-corrected chi connectivity index (χ4v) is 2.88. The van der Waals surface area contributed by atoms with Crippen molar-refractivity contribution >= 4 is 35.8 Å². The van der Waals surface area contributed by atoms with Crippen LogP contribution in [-0.4, -0.2) is 56.0 Å². The topological polar surface area (TPSA) is 82.8 Å². The van der Waals surface area contributed by atoms with E-state index >= 15 is 0 Å². The SMILES string of the molecule is CN=C(NCCc1ccc(F)cc1F)NC1CCN(CC(N)=O)CC1.I. The van der Waals surface area contributed by atoms with E-state index < -0.39 is 11.6 Å². The predicted molar refractivity (Wildman–Crippen MR) is 109 cm³/mol. The molecule has 6 nitrogen and oxygen atoms in total. The van der Waals surface area contributed by atoms with Gasteiger partial charge in [-0.05, 0) is 30.9 Å². The summed E-state index contributed by atoms with van der Waals surface area (Å²) in [5.41, 5.74) is 5.67. The Balaban J connectivity index is 0.00000338. The van der Waals surface area contributed by atoms with Crippen molar-refractivity contribution < 1.29 is 13.6 Å². The summed E-state index contributed by atoms with van der Waals surface area (Å²) in [7, 11) is 1.68. The second-order valence-electron chi connectivity index (χ2n) is 6.15. The van der Waals surface area contributed by atoms with Gasteiger partial charge in [-0.15, -0.1) is 24.0 Å². The number of nitrogens with two attached hydrogens (primary N) is 1. The number of guanidine groups is 1. The number of amides is 1. The van der Waals surface area contributed by atoms with Crippen LogP contribution in [0.1, 0.15) is 18.4 Å². The number of hydrogen-bond donors (Lipinski definition) is 3. The molecule has 1 fully saturated rings. The van der Waals surface area contributed by atoms with Crippen molar-refractivity contribution in [2.75, 3.05) is 33.2 Å². The molecule has 0 spiro atoms. The summed E-state index contributed by atoms with van der Waals surface area (Å²) >= 11 is 0. The molecule has 1 saturated heterocycles. The summed E-state index contributed by atoms with van der Waals surface area (Å²) in [4.78, 5) is 17.1. The molecule has 0 saturated carbocycles. The summed E-state index contributed by atoms with van der Waals surface area (Å²) in [6.45, 7) is 2.39. The lowest BCUT2D eigenvalue weighted by Gasteiger charge is -2.32. The van der Waals surface area contributed by atoms with Gasteiger partial charge in [0.2, 0.25) is 5.91 Å². The third-order valence-electron chi connectivity index (χ3n) is 4.23. The zero-order valence-electron chi connectivity index (χ0n) is 14.8. The maximum atomic E-state index is 13.6. The normalized spacial score (nSPS) is 16.0. The standard InChI is InChI=1S/C17H25F2N5O.HI/c1-21-17(22-7-4-12-2-3-13(18)10-15(12)19)23-14-5-8-24(9-6-14)11-16(20)25;/h2-3,10,14H,4-9,11H2,1H3,(H2,20,25)(H2,21,22,23);1H. The van der Waals surface area contributed by atoms with Gasteiger partial charge in [0.1, 0.15) is 11.6 Å². The van der Waals surface area contributed by atoms with Crippen LogP contribution in [0.4, 0.5) is 8.78 Å². The van der Waals surface area contributed by atoms with E-state index in [2.05, 4.69) is 15.6 Å². The van der Waals surface area contributed by atoms with E-state index in [1.54, 1.807) is 7.05 Å². The lowest BCUT2D eigenvalue weighted by Crippen LogP contribution is -2.50. The number of piperidine rings is 1. The monoisotopic (exact) mass is 481 g/mol. The van der Waals surface area contributed by atoms with Gasteiger partial charge in [0.05, 0.1) is 6.54 Å². The first-order chi connectivity index (χ1) is 12.0. The van der Waals surface area contributed by atoms with Crippen LogP contribution in [0, 0.1) is 11.6 Å². The molecule has 1 aromatic rings. The van der Waals surface area contributed by atoms with Crippen LogP contribution in [0.5, 0.6) is 0 Å². The van der Waals surface area contributed by atoms with Gasteiger partial charge in [-0.2, -0.15) is 0 Å².